The Labute approximate surface area is 157 Å². The predicted molar refractivity (Wildman–Crippen MR) is 105 cm³/mol. The monoisotopic (exact) mass is 368 g/mol. The highest BCUT2D eigenvalue weighted by molar-refractivity contribution is 6.30. The number of rotatable bonds is 6. The van der Waals surface area contributed by atoms with Crippen molar-refractivity contribution in [3.8, 4) is 11.4 Å². The van der Waals surface area contributed by atoms with Gasteiger partial charge in [-0.3, -0.25) is 10.1 Å². The Hall–Kier alpha value is -2.86. The second-order valence-electron chi connectivity index (χ2n) is 5.76. The van der Waals surface area contributed by atoms with E-state index < -0.39 is 0 Å². The van der Waals surface area contributed by atoms with Crippen molar-refractivity contribution in [2.45, 2.75) is 13.0 Å². The van der Waals surface area contributed by atoms with Gasteiger partial charge in [-0.2, -0.15) is 5.10 Å². The van der Waals surface area contributed by atoms with Crippen LogP contribution in [0.15, 0.2) is 59.9 Å². The van der Waals surface area contributed by atoms with E-state index in [1.54, 1.807) is 7.05 Å². The van der Waals surface area contributed by atoms with Crippen LogP contribution >= 0.6 is 11.6 Å². The van der Waals surface area contributed by atoms with Gasteiger partial charge in [0.1, 0.15) is 6.33 Å². The lowest BCUT2D eigenvalue weighted by Crippen LogP contribution is -2.37. The smallest absolute Gasteiger partial charge is 0.191 e. The maximum atomic E-state index is 5.91. The lowest BCUT2D eigenvalue weighted by Gasteiger charge is -2.12. The zero-order valence-electron chi connectivity index (χ0n) is 14.5. The Balaban J connectivity index is 1.49. The number of guanidine groups is 1. The van der Waals surface area contributed by atoms with Gasteiger partial charge in [0.15, 0.2) is 11.8 Å². The van der Waals surface area contributed by atoms with E-state index in [2.05, 4.69) is 42.9 Å². The van der Waals surface area contributed by atoms with Crippen molar-refractivity contribution in [1.29, 1.82) is 0 Å². The van der Waals surface area contributed by atoms with Gasteiger partial charge < -0.3 is 10.6 Å². The summed E-state index contributed by atoms with van der Waals surface area (Å²) >= 11 is 5.91. The average molecular weight is 369 g/mol. The van der Waals surface area contributed by atoms with Crippen LogP contribution in [-0.2, 0) is 13.0 Å². The molecule has 134 valence electrons. The summed E-state index contributed by atoms with van der Waals surface area (Å²) in [7, 11) is 1.77. The molecule has 0 aliphatic rings. The first-order valence-corrected chi connectivity index (χ1v) is 8.76. The summed E-state index contributed by atoms with van der Waals surface area (Å²) in [5, 5.41) is 14.2. The lowest BCUT2D eigenvalue weighted by atomic mass is 10.1. The molecule has 2 aromatic carbocycles. The number of aromatic nitrogens is 3. The summed E-state index contributed by atoms with van der Waals surface area (Å²) in [4.78, 5) is 8.45. The van der Waals surface area contributed by atoms with Gasteiger partial charge in [-0.25, -0.2) is 4.98 Å². The molecule has 1 aromatic heterocycles. The third-order valence-electron chi connectivity index (χ3n) is 3.92. The topological polar surface area (TPSA) is 78.0 Å². The number of benzene rings is 2. The molecule has 0 atom stereocenters. The van der Waals surface area contributed by atoms with Crippen molar-refractivity contribution >= 4 is 17.6 Å². The van der Waals surface area contributed by atoms with Gasteiger partial charge >= 0.3 is 0 Å². The number of nitrogens with zero attached hydrogens (tertiary/aromatic N) is 3. The van der Waals surface area contributed by atoms with Crippen LogP contribution in [0.25, 0.3) is 11.4 Å². The number of nitrogens with one attached hydrogen (secondary N) is 3. The Morgan fingerprint density at radius 2 is 1.96 bits per heavy atom. The molecule has 6 nitrogen and oxygen atoms in total. The standard InChI is InChI=1S/C19H21ClN6/c1-21-19(22-10-9-14-5-7-17(20)8-6-14)23-12-15-3-2-4-16(11-15)18-24-13-25-26-18/h2-8,11,13H,9-10,12H2,1H3,(H2,21,22,23)(H,24,25,26). The minimum Gasteiger partial charge on any atom is -0.356 e. The summed E-state index contributed by atoms with van der Waals surface area (Å²) in [6, 6.07) is 16.0. The predicted octanol–water partition coefficient (Wildman–Crippen LogP) is 3.03. The molecule has 0 spiro atoms. The fraction of sp³-hybridized carbons (Fsp3) is 0.211. The fourth-order valence-corrected chi connectivity index (χ4v) is 2.68. The van der Waals surface area contributed by atoms with Crippen LogP contribution < -0.4 is 10.6 Å². The van der Waals surface area contributed by atoms with E-state index in [1.807, 2.05) is 36.4 Å². The number of hydrogen-bond acceptors (Lipinski definition) is 3. The van der Waals surface area contributed by atoms with E-state index in [-0.39, 0.29) is 0 Å². The second kappa shape index (κ2) is 9.01. The minimum atomic E-state index is 0.669. The average Bonchev–Trinajstić information content (AvgIpc) is 3.21. The first-order valence-electron chi connectivity index (χ1n) is 8.38. The van der Waals surface area contributed by atoms with Crippen molar-refractivity contribution in [3.63, 3.8) is 0 Å². The molecule has 0 amide bonds. The highest BCUT2D eigenvalue weighted by Gasteiger charge is 2.03. The maximum Gasteiger partial charge on any atom is 0.191 e. The largest absolute Gasteiger partial charge is 0.356 e. The Bertz CT molecular complexity index is 843. The number of halogens is 1. The molecule has 0 unspecified atom stereocenters. The van der Waals surface area contributed by atoms with Crippen molar-refractivity contribution in [2.75, 3.05) is 13.6 Å². The van der Waals surface area contributed by atoms with Crippen LogP contribution in [0.5, 0.6) is 0 Å². The van der Waals surface area contributed by atoms with Gasteiger partial charge in [-0.1, -0.05) is 41.9 Å². The van der Waals surface area contributed by atoms with Crippen LogP contribution in [0, 0.1) is 0 Å². The highest BCUT2D eigenvalue weighted by atomic mass is 35.5. The Morgan fingerprint density at radius 3 is 2.69 bits per heavy atom. The van der Waals surface area contributed by atoms with E-state index in [1.165, 1.54) is 11.9 Å². The number of aromatic amines is 1. The Kier molecular flexibility index (Phi) is 6.22. The molecule has 3 rings (SSSR count). The van der Waals surface area contributed by atoms with E-state index in [0.29, 0.717) is 6.54 Å². The summed E-state index contributed by atoms with van der Waals surface area (Å²) in [5.74, 6) is 1.53. The molecule has 7 heteroatoms. The van der Waals surface area contributed by atoms with Gasteiger partial charge in [0, 0.05) is 30.7 Å². The van der Waals surface area contributed by atoms with Crippen molar-refractivity contribution in [3.05, 3.63) is 71.0 Å². The van der Waals surface area contributed by atoms with E-state index >= 15 is 0 Å². The number of hydrogen-bond donors (Lipinski definition) is 3. The minimum absolute atomic E-state index is 0.669. The normalized spacial score (nSPS) is 11.4. The quantitative estimate of drug-likeness (QED) is 0.461. The first kappa shape index (κ1) is 17.9. The molecule has 0 aliphatic heterocycles. The molecule has 0 fully saturated rings. The van der Waals surface area contributed by atoms with Crippen molar-refractivity contribution in [1.82, 2.24) is 25.8 Å². The summed E-state index contributed by atoms with van der Waals surface area (Å²) in [5.41, 5.74) is 3.38. The molecule has 0 aliphatic carbocycles. The molecule has 0 radical (unpaired) electrons. The number of aliphatic imine (C=N–C) groups is 1. The van der Waals surface area contributed by atoms with Gasteiger partial charge in [-0.15, -0.1) is 0 Å². The third kappa shape index (κ3) is 5.07. The Morgan fingerprint density at radius 1 is 1.12 bits per heavy atom. The molecular weight excluding hydrogens is 348 g/mol. The molecule has 0 saturated heterocycles. The summed E-state index contributed by atoms with van der Waals surface area (Å²) < 4.78 is 0. The van der Waals surface area contributed by atoms with Crippen LogP contribution in [0.2, 0.25) is 5.02 Å². The van der Waals surface area contributed by atoms with Crippen LogP contribution in [0.4, 0.5) is 0 Å². The van der Waals surface area contributed by atoms with Crippen molar-refractivity contribution in [2.24, 2.45) is 4.99 Å². The molecule has 0 saturated carbocycles. The molecule has 1 heterocycles. The highest BCUT2D eigenvalue weighted by Crippen LogP contribution is 2.15. The van der Waals surface area contributed by atoms with Crippen LogP contribution in [-0.4, -0.2) is 34.7 Å². The van der Waals surface area contributed by atoms with Gasteiger partial charge in [0.25, 0.3) is 0 Å². The van der Waals surface area contributed by atoms with E-state index in [4.69, 9.17) is 11.6 Å². The van der Waals surface area contributed by atoms with E-state index in [9.17, 15) is 0 Å². The van der Waals surface area contributed by atoms with Gasteiger partial charge in [0.05, 0.1) is 0 Å². The maximum absolute atomic E-state index is 5.91. The van der Waals surface area contributed by atoms with Crippen LogP contribution in [0.3, 0.4) is 0 Å². The van der Waals surface area contributed by atoms with Crippen molar-refractivity contribution < 1.29 is 0 Å². The molecule has 0 bridgehead atoms. The molecule has 26 heavy (non-hydrogen) atoms. The summed E-state index contributed by atoms with van der Waals surface area (Å²) in [6.07, 6.45) is 2.41. The zero-order valence-corrected chi connectivity index (χ0v) is 15.3. The SMILES string of the molecule is CN=C(NCCc1ccc(Cl)cc1)NCc1cccc(-c2ncn[nH]2)c1. The van der Waals surface area contributed by atoms with Crippen LogP contribution in [0.1, 0.15) is 11.1 Å². The first-order chi connectivity index (χ1) is 12.7. The molecule has 3 N–H and O–H groups in total. The molecule has 3 aromatic rings. The third-order valence-corrected chi connectivity index (χ3v) is 4.17. The zero-order chi connectivity index (χ0) is 18.2. The summed E-state index contributed by atoms with van der Waals surface area (Å²) in [6.45, 7) is 1.46. The fourth-order valence-electron chi connectivity index (χ4n) is 2.56. The number of H-pyrrole nitrogens is 1. The van der Waals surface area contributed by atoms with Gasteiger partial charge in [0.2, 0.25) is 0 Å². The molecular formula is C19H21ClN6. The van der Waals surface area contributed by atoms with Gasteiger partial charge in [-0.05, 0) is 35.7 Å². The van der Waals surface area contributed by atoms with E-state index in [0.717, 1.165) is 40.9 Å². The second-order valence-corrected chi connectivity index (χ2v) is 6.20. The lowest BCUT2D eigenvalue weighted by molar-refractivity contribution is 0.795.